The second kappa shape index (κ2) is 9.46. The molecule has 0 saturated carbocycles. The number of aromatic nitrogens is 1. The maximum Gasteiger partial charge on any atom is 0.247 e. The smallest absolute Gasteiger partial charge is 0.247 e. The van der Waals surface area contributed by atoms with Crippen LogP contribution in [-0.2, 0) is 9.59 Å². The van der Waals surface area contributed by atoms with Crippen LogP contribution >= 0.6 is 0 Å². The van der Waals surface area contributed by atoms with Crippen LogP contribution in [-0.4, -0.2) is 28.6 Å². The Kier molecular flexibility index (Phi) is 7.02. The van der Waals surface area contributed by atoms with Crippen molar-refractivity contribution in [2.45, 2.75) is 38.8 Å². The number of carbonyl (C=O) groups excluding carboxylic acids is 3. The largest absolute Gasteiger partial charge is 0.352 e. The van der Waals surface area contributed by atoms with Crippen LogP contribution in [0.1, 0.15) is 48.7 Å². The highest BCUT2D eigenvalue weighted by Gasteiger charge is 2.23. The summed E-state index contributed by atoms with van der Waals surface area (Å²) in [5, 5.41) is 5.53. The third-order valence-electron chi connectivity index (χ3n) is 3.69. The van der Waals surface area contributed by atoms with Crippen molar-refractivity contribution in [2.24, 2.45) is 0 Å². The van der Waals surface area contributed by atoms with Crippen molar-refractivity contribution in [1.29, 1.82) is 0 Å². The third kappa shape index (κ3) is 5.81. The minimum atomic E-state index is -0.792. The van der Waals surface area contributed by atoms with Crippen LogP contribution in [0, 0.1) is 0 Å². The summed E-state index contributed by atoms with van der Waals surface area (Å²) in [6.07, 6.45) is 3.13. The first-order chi connectivity index (χ1) is 12.5. The summed E-state index contributed by atoms with van der Waals surface area (Å²) in [6, 6.07) is 11.5. The fourth-order valence-corrected chi connectivity index (χ4v) is 2.45. The topological polar surface area (TPSA) is 88.2 Å². The van der Waals surface area contributed by atoms with Crippen LogP contribution in [0.2, 0.25) is 0 Å². The summed E-state index contributed by atoms with van der Waals surface area (Å²) in [7, 11) is 0. The molecule has 1 atom stereocenters. The molecule has 0 bridgehead atoms. The lowest BCUT2D eigenvalue weighted by molar-refractivity contribution is -0.129. The van der Waals surface area contributed by atoms with Crippen molar-refractivity contribution in [3.05, 3.63) is 66.0 Å². The average Bonchev–Trinajstić information content (AvgIpc) is 2.65. The minimum absolute atomic E-state index is 0.00597. The van der Waals surface area contributed by atoms with Crippen LogP contribution in [0.5, 0.6) is 0 Å². The normalized spacial score (nSPS) is 11.7. The molecule has 2 N–H and O–H groups in total. The molecule has 1 aromatic carbocycles. The number of rotatable bonds is 8. The average molecular weight is 353 g/mol. The van der Waals surface area contributed by atoms with E-state index in [1.54, 1.807) is 30.5 Å². The summed E-state index contributed by atoms with van der Waals surface area (Å²) >= 11 is 0. The number of nitrogens with zero attached hydrogens (tertiary/aromatic N) is 1. The van der Waals surface area contributed by atoms with E-state index >= 15 is 0 Å². The van der Waals surface area contributed by atoms with E-state index in [0.29, 0.717) is 11.1 Å². The fraction of sp³-hybridized carbons (Fsp3) is 0.300. The van der Waals surface area contributed by atoms with Gasteiger partial charge < -0.3 is 10.6 Å². The van der Waals surface area contributed by atoms with Crippen molar-refractivity contribution in [2.75, 3.05) is 0 Å². The summed E-state index contributed by atoms with van der Waals surface area (Å²) in [6.45, 7) is 3.71. The number of hydrogen-bond acceptors (Lipinski definition) is 4. The molecule has 1 heterocycles. The summed E-state index contributed by atoms with van der Waals surface area (Å²) in [4.78, 5) is 40.7. The maximum absolute atomic E-state index is 12.4. The molecule has 2 rings (SSSR count). The van der Waals surface area contributed by atoms with Gasteiger partial charge in [0.1, 0.15) is 6.04 Å². The lowest BCUT2D eigenvalue weighted by atomic mass is 10.0. The van der Waals surface area contributed by atoms with Crippen molar-refractivity contribution in [3.8, 4) is 0 Å². The molecular weight excluding hydrogens is 330 g/mol. The predicted molar refractivity (Wildman–Crippen MR) is 98.4 cm³/mol. The Labute approximate surface area is 153 Å². The molecule has 0 spiro atoms. The van der Waals surface area contributed by atoms with E-state index in [1.165, 1.54) is 6.20 Å². The molecule has 6 nitrogen and oxygen atoms in total. The minimum Gasteiger partial charge on any atom is -0.352 e. The SMILES string of the molecule is CC(C)NC(=O)C(NC(=O)CCC(=O)c1cccnc1)c1ccccc1. The molecule has 0 saturated heterocycles. The molecule has 6 heteroatoms. The van der Waals surface area contributed by atoms with E-state index in [1.807, 2.05) is 32.0 Å². The van der Waals surface area contributed by atoms with Gasteiger partial charge in [-0.3, -0.25) is 19.4 Å². The molecule has 2 aromatic rings. The van der Waals surface area contributed by atoms with Gasteiger partial charge in [-0.15, -0.1) is 0 Å². The first kappa shape index (κ1) is 19.3. The van der Waals surface area contributed by atoms with Gasteiger partial charge in [-0.1, -0.05) is 30.3 Å². The molecule has 26 heavy (non-hydrogen) atoms. The van der Waals surface area contributed by atoms with Gasteiger partial charge in [0.05, 0.1) is 0 Å². The Hall–Kier alpha value is -3.02. The van der Waals surface area contributed by atoms with Gasteiger partial charge in [0.2, 0.25) is 11.8 Å². The molecule has 0 aliphatic carbocycles. The zero-order valence-electron chi connectivity index (χ0n) is 14.9. The molecule has 1 unspecified atom stereocenters. The van der Waals surface area contributed by atoms with E-state index in [0.717, 1.165) is 0 Å². The van der Waals surface area contributed by atoms with Crippen LogP contribution in [0.4, 0.5) is 0 Å². The molecule has 0 radical (unpaired) electrons. The second-order valence-electron chi connectivity index (χ2n) is 6.24. The van der Waals surface area contributed by atoms with Gasteiger partial charge in [-0.25, -0.2) is 0 Å². The van der Waals surface area contributed by atoms with Crippen molar-refractivity contribution < 1.29 is 14.4 Å². The van der Waals surface area contributed by atoms with E-state index in [4.69, 9.17) is 0 Å². The lowest BCUT2D eigenvalue weighted by Gasteiger charge is -2.20. The molecule has 2 amide bonds. The number of nitrogens with one attached hydrogen (secondary N) is 2. The second-order valence-corrected chi connectivity index (χ2v) is 6.24. The van der Waals surface area contributed by atoms with Gasteiger partial charge in [-0.2, -0.15) is 0 Å². The Morgan fingerprint density at radius 2 is 1.69 bits per heavy atom. The molecule has 136 valence electrons. The fourth-order valence-electron chi connectivity index (χ4n) is 2.45. The number of carbonyl (C=O) groups is 3. The third-order valence-corrected chi connectivity index (χ3v) is 3.69. The number of amides is 2. The van der Waals surface area contributed by atoms with Crippen LogP contribution < -0.4 is 10.6 Å². The van der Waals surface area contributed by atoms with Crippen LogP contribution in [0.3, 0.4) is 0 Å². The number of hydrogen-bond donors (Lipinski definition) is 2. The van der Waals surface area contributed by atoms with Gasteiger partial charge in [0.15, 0.2) is 5.78 Å². The molecule has 0 aliphatic rings. The Morgan fingerprint density at radius 3 is 2.31 bits per heavy atom. The quantitative estimate of drug-likeness (QED) is 0.714. The Morgan fingerprint density at radius 1 is 0.962 bits per heavy atom. The summed E-state index contributed by atoms with van der Waals surface area (Å²) in [5.41, 5.74) is 1.16. The van der Waals surface area contributed by atoms with Gasteiger partial charge in [0.25, 0.3) is 0 Å². The first-order valence-corrected chi connectivity index (χ1v) is 8.55. The monoisotopic (exact) mass is 353 g/mol. The highest BCUT2D eigenvalue weighted by molar-refractivity contribution is 5.98. The maximum atomic E-state index is 12.4. The Balaban J connectivity index is 1.99. The lowest BCUT2D eigenvalue weighted by Crippen LogP contribution is -2.42. The number of Topliss-reactive ketones (excluding diaryl/α,β-unsaturated/α-hetero) is 1. The predicted octanol–water partition coefficient (Wildman–Crippen LogP) is 2.43. The van der Waals surface area contributed by atoms with Crippen molar-refractivity contribution in [3.63, 3.8) is 0 Å². The zero-order valence-corrected chi connectivity index (χ0v) is 14.9. The van der Waals surface area contributed by atoms with Crippen molar-refractivity contribution >= 4 is 17.6 Å². The van der Waals surface area contributed by atoms with E-state index in [2.05, 4.69) is 15.6 Å². The van der Waals surface area contributed by atoms with E-state index in [9.17, 15) is 14.4 Å². The number of pyridine rings is 1. The molecule has 1 aromatic heterocycles. The molecular formula is C20H23N3O3. The van der Waals surface area contributed by atoms with Crippen LogP contribution in [0.25, 0.3) is 0 Å². The zero-order chi connectivity index (χ0) is 18.9. The number of ketones is 1. The first-order valence-electron chi connectivity index (χ1n) is 8.55. The van der Waals surface area contributed by atoms with Crippen LogP contribution in [0.15, 0.2) is 54.9 Å². The highest BCUT2D eigenvalue weighted by Crippen LogP contribution is 2.14. The van der Waals surface area contributed by atoms with Gasteiger partial charge >= 0.3 is 0 Å². The van der Waals surface area contributed by atoms with Crippen molar-refractivity contribution in [1.82, 2.24) is 15.6 Å². The summed E-state index contributed by atoms with van der Waals surface area (Å²) in [5.74, 6) is -0.788. The summed E-state index contributed by atoms with van der Waals surface area (Å²) < 4.78 is 0. The molecule has 0 fully saturated rings. The molecule has 0 aliphatic heterocycles. The van der Waals surface area contributed by atoms with Gasteiger partial charge in [-0.05, 0) is 31.5 Å². The Bertz CT molecular complexity index is 745. The number of benzene rings is 1. The van der Waals surface area contributed by atoms with Gasteiger partial charge in [0, 0.05) is 36.8 Å². The highest BCUT2D eigenvalue weighted by atomic mass is 16.2. The van der Waals surface area contributed by atoms with E-state index < -0.39 is 6.04 Å². The van der Waals surface area contributed by atoms with E-state index in [-0.39, 0.29) is 36.5 Å². The standard InChI is InChI=1S/C20H23N3O3/c1-14(2)22-20(26)19(15-7-4-3-5-8-15)23-18(25)11-10-17(24)16-9-6-12-21-13-16/h3-9,12-14,19H,10-11H2,1-2H3,(H,22,26)(H,23,25).